The summed E-state index contributed by atoms with van der Waals surface area (Å²) in [4.78, 5) is 15.8. The number of likely N-dealkylation sites (tertiary alicyclic amines) is 1. The van der Waals surface area contributed by atoms with Gasteiger partial charge >= 0.3 is 0 Å². The second-order valence-corrected chi connectivity index (χ2v) is 7.23. The molecule has 2 aromatic heterocycles. The van der Waals surface area contributed by atoms with Crippen molar-refractivity contribution in [3.63, 3.8) is 0 Å². The van der Waals surface area contributed by atoms with Crippen LogP contribution in [0.1, 0.15) is 30.1 Å². The third-order valence-electron chi connectivity index (χ3n) is 5.50. The minimum absolute atomic E-state index is 0.0321. The Labute approximate surface area is 165 Å². The first-order valence-electron chi connectivity index (χ1n) is 9.48. The molecule has 8 heteroatoms. The Morgan fingerprint density at radius 3 is 2.59 bits per heavy atom. The molecular weight excluding hydrogens is 368 g/mol. The zero-order valence-corrected chi connectivity index (χ0v) is 15.6. The largest absolute Gasteiger partial charge is 0.508 e. The van der Waals surface area contributed by atoms with Gasteiger partial charge in [0.15, 0.2) is 0 Å². The molecule has 1 aliphatic heterocycles. The molecular formula is C21H18N6O2. The summed E-state index contributed by atoms with van der Waals surface area (Å²) in [5, 5.41) is 27.8. The number of fused-ring (bicyclic) bond motifs is 3. The van der Waals surface area contributed by atoms with Gasteiger partial charge in [0.1, 0.15) is 18.2 Å². The number of hydrogen-bond donors (Lipinski definition) is 1. The summed E-state index contributed by atoms with van der Waals surface area (Å²) in [6.07, 6.45) is 3.30. The van der Waals surface area contributed by atoms with E-state index in [0.29, 0.717) is 22.2 Å². The summed E-state index contributed by atoms with van der Waals surface area (Å²) >= 11 is 0. The number of phenols is 1. The highest BCUT2D eigenvalue weighted by atomic mass is 16.3. The molecule has 0 radical (unpaired) electrons. The van der Waals surface area contributed by atoms with Gasteiger partial charge < -0.3 is 5.11 Å². The van der Waals surface area contributed by atoms with E-state index in [0.717, 1.165) is 31.5 Å². The summed E-state index contributed by atoms with van der Waals surface area (Å²) in [6.45, 7) is 1.71. The summed E-state index contributed by atoms with van der Waals surface area (Å²) in [6, 6.07) is 14.1. The van der Waals surface area contributed by atoms with E-state index in [1.807, 2.05) is 12.1 Å². The number of aromatic hydroxyl groups is 1. The van der Waals surface area contributed by atoms with Gasteiger partial charge in [0.2, 0.25) is 5.78 Å². The van der Waals surface area contributed by atoms with E-state index in [2.05, 4.69) is 21.2 Å². The Morgan fingerprint density at radius 2 is 1.86 bits per heavy atom. The maximum atomic E-state index is 13.6. The van der Waals surface area contributed by atoms with Crippen molar-refractivity contribution >= 4 is 16.7 Å². The van der Waals surface area contributed by atoms with E-state index in [-0.39, 0.29) is 17.5 Å². The SMILES string of the molecule is N#Cc1ccc(C(N2CCCC2)n2c(=O)c3cc(O)ccc3n3cnnc23)cc1. The van der Waals surface area contributed by atoms with Crippen LogP contribution in [-0.2, 0) is 0 Å². The fraction of sp³-hybridized carbons (Fsp3) is 0.238. The summed E-state index contributed by atoms with van der Waals surface area (Å²) in [7, 11) is 0. The lowest BCUT2D eigenvalue weighted by molar-refractivity contribution is 0.213. The molecule has 1 unspecified atom stereocenters. The van der Waals surface area contributed by atoms with Crippen LogP contribution < -0.4 is 5.56 Å². The first kappa shape index (κ1) is 17.4. The van der Waals surface area contributed by atoms with Crippen molar-refractivity contribution in [1.82, 2.24) is 24.1 Å². The second kappa shape index (κ2) is 6.72. The number of aromatic nitrogens is 4. The Hall–Kier alpha value is -3.70. The van der Waals surface area contributed by atoms with Gasteiger partial charge in [0.05, 0.1) is 22.5 Å². The number of nitriles is 1. The fourth-order valence-corrected chi connectivity index (χ4v) is 4.15. The standard InChI is InChI=1S/C21H18N6O2/c22-12-14-3-5-15(6-4-14)19(25-9-1-2-10-25)27-20(29)17-11-16(28)7-8-18(17)26-13-23-24-21(26)27/h3-8,11,13,19,28H,1-2,9-10H2. The maximum absolute atomic E-state index is 13.6. The molecule has 2 aromatic carbocycles. The van der Waals surface area contributed by atoms with Crippen molar-refractivity contribution in [2.75, 3.05) is 13.1 Å². The third-order valence-corrected chi connectivity index (χ3v) is 5.50. The highest BCUT2D eigenvalue weighted by molar-refractivity contribution is 5.81. The van der Waals surface area contributed by atoms with Crippen LogP contribution in [0.3, 0.4) is 0 Å². The molecule has 1 aliphatic rings. The molecule has 1 atom stereocenters. The van der Waals surface area contributed by atoms with Crippen molar-refractivity contribution in [3.8, 4) is 11.8 Å². The van der Waals surface area contributed by atoms with Crippen molar-refractivity contribution < 1.29 is 5.11 Å². The van der Waals surface area contributed by atoms with Gasteiger partial charge in [-0.15, -0.1) is 10.2 Å². The monoisotopic (exact) mass is 386 g/mol. The average molecular weight is 386 g/mol. The molecule has 1 fully saturated rings. The molecule has 0 spiro atoms. The first-order chi connectivity index (χ1) is 14.2. The van der Waals surface area contributed by atoms with Gasteiger partial charge in [-0.2, -0.15) is 5.26 Å². The molecule has 1 N–H and O–H groups in total. The van der Waals surface area contributed by atoms with Crippen LogP contribution in [0.2, 0.25) is 0 Å². The summed E-state index contributed by atoms with van der Waals surface area (Å²) < 4.78 is 3.41. The van der Waals surface area contributed by atoms with Crippen LogP contribution in [-0.4, -0.2) is 42.3 Å². The van der Waals surface area contributed by atoms with Crippen LogP contribution in [0.15, 0.2) is 53.6 Å². The average Bonchev–Trinajstić information content (AvgIpc) is 3.43. The maximum Gasteiger partial charge on any atom is 0.264 e. The third kappa shape index (κ3) is 2.75. The van der Waals surface area contributed by atoms with Crippen LogP contribution in [0.4, 0.5) is 0 Å². The Balaban J connectivity index is 1.83. The molecule has 0 amide bonds. The van der Waals surface area contributed by atoms with Crippen molar-refractivity contribution in [3.05, 3.63) is 70.3 Å². The van der Waals surface area contributed by atoms with E-state index in [1.54, 1.807) is 39.6 Å². The number of nitrogens with zero attached hydrogens (tertiary/aromatic N) is 6. The lowest BCUT2D eigenvalue weighted by atomic mass is 10.1. The fourth-order valence-electron chi connectivity index (χ4n) is 4.15. The smallest absolute Gasteiger partial charge is 0.264 e. The van der Waals surface area contributed by atoms with E-state index in [4.69, 9.17) is 5.26 Å². The zero-order valence-electron chi connectivity index (χ0n) is 15.6. The number of rotatable bonds is 3. The predicted molar refractivity (Wildman–Crippen MR) is 107 cm³/mol. The highest BCUT2D eigenvalue weighted by Crippen LogP contribution is 2.29. The zero-order chi connectivity index (χ0) is 20.0. The quantitative estimate of drug-likeness (QED) is 0.580. The molecule has 1 saturated heterocycles. The molecule has 0 bridgehead atoms. The molecule has 5 rings (SSSR count). The molecule has 3 heterocycles. The Morgan fingerprint density at radius 1 is 1.10 bits per heavy atom. The van der Waals surface area contributed by atoms with Crippen molar-refractivity contribution in [2.24, 2.45) is 0 Å². The lowest BCUT2D eigenvalue weighted by Gasteiger charge is -2.30. The van der Waals surface area contributed by atoms with Crippen LogP contribution in [0.25, 0.3) is 16.7 Å². The van der Waals surface area contributed by atoms with Gasteiger partial charge in [-0.05, 0) is 48.7 Å². The normalized spacial score (nSPS) is 15.7. The van der Waals surface area contributed by atoms with E-state index >= 15 is 0 Å². The first-order valence-corrected chi connectivity index (χ1v) is 9.48. The van der Waals surface area contributed by atoms with Crippen molar-refractivity contribution in [2.45, 2.75) is 19.0 Å². The number of phenolic OH excluding ortho intramolecular Hbond substituents is 1. The van der Waals surface area contributed by atoms with Crippen LogP contribution in [0.5, 0.6) is 5.75 Å². The second-order valence-electron chi connectivity index (χ2n) is 7.23. The van der Waals surface area contributed by atoms with Gasteiger partial charge in [-0.1, -0.05) is 12.1 Å². The minimum Gasteiger partial charge on any atom is -0.508 e. The molecule has 0 saturated carbocycles. The van der Waals surface area contributed by atoms with E-state index in [9.17, 15) is 9.90 Å². The highest BCUT2D eigenvalue weighted by Gasteiger charge is 2.29. The molecule has 8 nitrogen and oxygen atoms in total. The lowest BCUT2D eigenvalue weighted by Crippen LogP contribution is -2.38. The van der Waals surface area contributed by atoms with E-state index in [1.165, 1.54) is 6.07 Å². The number of hydrogen-bond acceptors (Lipinski definition) is 6. The number of benzene rings is 2. The summed E-state index contributed by atoms with van der Waals surface area (Å²) in [5.74, 6) is 0.471. The molecule has 29 heavy (non-hydrogen) atoms. The van der Waals surface area contributed by atoms with E-state index < -0.39 is 0 Å². The van der Waals surface area contributed by atoms with Gasteiger partial charge in [-0.25, -0.2) is 0 Å². The Bertz CT molecular complexity index is 1310. The Kier molecular flexibility index (Phi) is 4.03. The van der Waals surface area contributed by atoms with Crippen molar-refractivity contribution in [1.29, 1.82) is 5.26 Å². The van der Waals surface area contributed by atoms with Gasteiger partial charge in [0, 0.05) is 13.1 Å². The summed E-state index contributed by atoms with van der Waals surface area (Å²) in [5.41, 5.74) is 1.87. The minimum atomic E-state index is -0.379. The van der Waals surface area contributed by atoms with Crippen LogP contribution >= 0.6 is 0 Å². The topological polar surface area (TPSA) is 99.5 Å². The molecule has 144 valence electrons. The molecule has 0 aliphatic carbocycles. The molecule has 4 aromatic rings. The van der Waals surface area contributed by atoms with Gasteiger partial charge in [0.25, 0.3) is 5.56 Å². The van der Waals surface area contributed by atoms with Gasteiger partial charge in [-0.3, -0.25) is 18.7 Å². The predicted octanol–water partition coefficient (Wildman–Crippen LogP) is 2.26. The van der Waals surface area contributed by atoms with Crippen LogP contribution in [0, 0.1) is 11.3 Å².